The average molecular weight is 538 g/mol. The van der Waals surface area contributed by atoms with Crippen LogP contribution in [0.2, 0.25) is 0 Å². The zero-order chi connectivity index (χ0) is 27.7. The highest BCUT2D eigenvalue weighted by Gasteiger charge is 2.38. The van der Waals surface area contributed by atoms with Crippen molar-refractivity contribution in [1.82, 2.24) is 15.1 Å². The second kappa shape index (κ2) is 13.0. The van der Waals surface area contributed by atoms with Gasteiger partial charge in [-0.15, -0.1) is 0 Å². The quantitative estimate of drug-likeness (QED) is 0.334. The maximum Gasteiger partial charge on any atom is 0.490 e. The molecule has 0 amide bonds. The van der Waals surface area contributed by atoms with Crippen LogP contribution in [-0.2, 0) is 35.3 Å². The molecule has 2 aromatic heterocycles. The Labute approximate surface area is 214 Å². The van der Waals surface area contributed by atoms with Gasteiger partial charge in [0.15, 0.2) is 5.82 Å². The summed E-state index contributed by atoms with van der Waals surface area (Å²) in [5, 5.41) is 23.7. The van der Waals surface area contributed by atoms with Crippen molar-refractivity contribution in [2.45, 2.75) is 57.0 Å². The molecule has 4 rings (SSSR count). The molecule has 13 heteroatoms. The lowest BCUT2D eigenvalue weighted by Gasteiger charge is -2.17. The summed E-state index contributed by atoms with van der Waals surface area (Å²) in [7, 11) is 0. The van der Waals surface area contributed by atoms with Crippen LogP contribution in [0.25, 0.3) is 0 Å². The molecular formula is C25H26F4N4O5. The molecule has 9 nitrogen and oxygen atoms in total. The van der Waals surface area contributed by atoms with Gasteiger partial charge in [0.25, 0.3) is 0 Å². The molecule has 0 radical (unpaired) electrons. The number of aryl methyl sites for hydroxylation is 3. The number of carboxylic acid groups (broad SMARTS) is 2. The van der Waals surface area contributed by atoms with Gasteiger partial charge in [-0.2, -0.15) is 18.2 Å². The molecule has 1 aromatic carbocycles. The molecule has 1 aliphatic heterocycles. The molecular weight excluding hydrogens is 512 g/mol. The highest BCUT2D eigenvalue weighted by Crippen LogP contribution is 2.25. The van der Waals surface area contributed by atoms with E-state index < -0.39 is 18.1 Å². The zero-order valence-corrected chi connectivity index (χ0v) is 20.2. The Balaban J connectivity index is 0.000000505. The number of carbonyl (C=O) groups is 2. The Morgan fingerprint density at radius 2 is 1.76 bits per heavy atom. The van der Waals surface area contributed by atoms with Crippen molar-refractivity contribution in [1.29, 1.82) is 0 Å². The monoisotopic (exact) mass is 538 g/mol. The molecule has 1 atom stereocenters. The Morgan fingerprint density at radius 1 is 1.05 bits per heavy atom. The van der Waals surface area contributed by atoms with Crippen LogP contribution < -0.4 is 5.32 Å². The summed E-state index contributed by atoms with van der Waals surface area (Å²) < 4.78 is 50.3. The van der Waals surface area contributed by atoms with E-state index in [4.69, 9.17) is 19.4 Å². The van der Waals surface area contributed by atoms with Crippen LogP contribution in [0.15, 0.2) is 40.9 Å². The molecule has 3 aromatic rings. The van der Waals surface area contributed by atoms with Crippen LogP contribution in [0.1, 0.15) is 53.7 Å². The smallest absolute Gasteiger partial charge is 0.481 e. The van der Waals surface area contributed by atoms with Crippen molar-refractivity contribution in [3.05, 3.63) is 70.8 Å². The molecule has 1 aliphatic rings. The zero-order valence-electron chi connectivity index (χ0n) is 20.2. The predicted molar refractivity (Wildman–Crippen MR) is 126 cm³/mol. The van der Waals surface area contributed by atoms with E-state index in [9.17, 15) is 27.5 Å². The third-order valence-electron chi connectivity index (χ3n) is 5.72. The minimum atomic E-state index is -5.08. The number of hydrogen-bond donors (Lipinski definition) is 3. The van der Waals surface area contributed by atoms with Gasteiger partial charge in [-0.05, 0) is 55.0 Å². The second-order valence-electron chi connectivity index (χ2n) is 8.65. The molecule has 0 saturated carbocycles. The number of benzene rings is 1. The number of carboxylic acids is 2. The van der Waals surface area contributed by atoms with Gasteiger partial charge in [0.1, 0.15) is 11.6 Å². The Bertz CT molecular complexity index is 1230. The lowest BCUT2D eigenvalue weighted by Crippen LogP contribution is -2.21. The first-order chi connectivity index (χ1) is 18.0. The van der Waals surface area contributed by atoms with Crippen molar-refractivity contribution in [2.24, 2.45) is 0 Å². The number of rotatable bonds is 9. The van der Waals surface area contributed by atoms with Gasteiger partial charge >= 0.3 is 18.1 Å². The third kappa shape index (κ3) is 8.82. The van der Waals surface area contributed by atoms with E-state index >= 15 is 0 Å². The Hall–Kier alpha value is -4.03. The highest BCUT2D eigenvalue weighted by molar-refractivity contribution is 5.73. The van der Waals surface area contributed by atoms with E-state index in [2.05, 4.69) is 27.6 Å². The van der Waals surface area contributed by atoms with E-state index in [1.807, 2.05) is 0 Å². The van der Waals surface area contributed by atoms with Crippen LogP contribution in [-0.4, -0.2) is 50.0 Å². The number of nitrogens with zero attached hydrogens (tertiary/aromatic N) is 3. The largest absolute Gasteiger partial charge is 0.490 e. The standard InChI is InChI=1S/C23H25FN4O3.C2HF3O2/c24-18-9-6-15(7-10-18)17(14-22(29)30)13-21-27-20(28-31-21)5-1-4-19-11-8-16-3-2-12-25-23(16)26-19;3-2(4,5)1(6)7/h6-11,17H,1-5,12-14H2,(H,25,26)(H,29,30);(H,6,7). The fraction of sp³-hybridized carbons (Fsp3) is 0.400. The SMILES string of the molecule is O=C(O)C(F)(F)F.O=C(O)CC(Cc1nc(CCCc2ccc3c(n2)NCCC3)no1)c1ccc(F)cc1. The predicted octanol–water partition coefficient (Wildman–Crippen LogP) is 4.57. The van der Waals surface area contributed by atoms with Crippen LogP contribution in [0.3, 0.4) is 0 Å². The summed E-state index contributed by atoms with van der Waals surface area (Å²) in [6.45, 7) is 0.968. The molecule has 204 valence electrons. The minimum Gasteiger partial charge on any atom is -0.481 e. The van der Waals surface area contributed by atoms with E-state index in [1.54, 1.807) is 12.1 Å². The Morgan fingerprint density at radius 3 is 2.42 bits per heavy atom. The first-order valence-corrected chi connectivity index (χ1v) is 11.8. The van der Waals surface area contributed by atoms with Crippen molar-refractivity contribution >= 4 is 17.8 Å². The number of nitrogens with one attached hydrogen (secondary N) is 1. The third-order valence-corrected chi connectivity index (χ3v) is 5.72. The fourth-order valence-electron chi connectivity index (χ4n) is 3.87. The van der Waals surface area contributed by atoms with Gasteiger partial charge in [0.05, 0.1) is 6.42 Å². The van der Waals surface area contributed by atoms with Crippen molar-refractivity contribution < 1.29 is 41.9 Å². The second-order valence-corrected chi connectivity index (χ2v) is 8.65. The number of pyridine rings is 1. The van der Waals surface area contributed by atoms with Gasteiger partial charge in [-0.1, -0.05) is 23.4 Å². The molecule has 1 unspecified atom stereocenters. The Kier molecular flexibility index (Phi) is 9.74. The molecule has 0 saturated heterocycles. The normalized spacial score (nSPS) is 13.5. The molecule has 0 aliphatic carbocycles. The molecule has 0 spiro atoms. The lowest BCUT2D eigenvalue weighted by molar-refractivity contribution is -0.192. The van der Waals surface area contributed by atoms with Crippen LogP contribution >= 0.6 is 0 Å². The number of anilines is 1. The van der Waals surface area contributed by atoms with Crippen LogP contribution in [0.4, 0.5) is 23.4 Å². The summed E-state index contributed by atoms with van der Waals surface area (Å²) in [6, 6.07) is 10.1. The molecule has 38 heavy (non-hydrogen) atoms. The summed E-state index contributed by atoms with van der Waals surface area (Å²) in [6.07, 6.45) is -0.373. The number of aromatic nitrogens is 3. The maximum absolute atomic E-state index is 13.2. The van der Waals surface area contributed by atoms with Gasteiger partial charge in [0.2, 0.25) is 5.89 Å². The fourth-order valence-corrected chi connectivity index (χ4v) is 3.87. The summed E-state index contributed by atoms with van der Waals surface area (Å²) in [4.78, 5) is 29.3. The lowest BCUT2D eigenvalue weighted by atomic mass is 9.92. The molecule has 3 N–H and O–H groups in total. The highest BCUT2D eigenvalue weighted by atomic mass is 19.4. The van der Waals surface area contributed by atoms with Gasteiger partial charge in [-0.25, -0.2) is 14.2 Å². The number of fused-ring (bicyclic) bond motifs is 1. The molecule has 0 fully saturated rings. The first-order valence-electron chi connectivity index (χ1n) is 11.8. The number of halogens is 4. The minimum absolute atomic E-state index is 0.0959. The summed E-state index contributed by atoms with van der Waals surface area (Å²) in [5.41, 5.74) is 3.04. The van der Waals surface area contributed by atoms with Crippen LogP contribution in [0.5, 0.6) is 0 Å². The van der Waals surface area contributed by atoms with Crippen molar-refractivity contribution in [2.75, 3.05) is 11.9 Å². The van der Waals surface area contributed by atoms with Gasteiger partial charge in [-0.3, -0.25) is 4.79 Å². The van der Waals surface area contributed by atoms with E-state index in [0.717, 1.165) is 49.3 Å². The molecule has 3 heterocycles. The van der Waals surface area contributed by atoms with E-state index in [1.165, 1.54) is 17.7 Å². The van der Waals surface area contributed by atoms with Crippen molar-refractivity contribution in [3.63, 3.8) is 0 Å². The van der Waals surface area contributed by atoms with Gasteiger partial charge in [0, 0.05) is 31.0 Å². The topological polar surface area (TPSA) is 138 Å². The number of hydrogen-bond acceptors (Lipinski definition) is 7. The van der Waals surface area contributed by atoms with Crippen LogP contribution in [0, 0.1) is 5.82 Å². The first kappa shape index (κ1) is 28.5. The van der Waals surface area contributed by atoms with Gasteiger partial charge < -0.3 is 20.1 Å². The van der Waals surface area contributed by atoms with E-state index in [0.29, 0.717) is 24.6 Å². The van der Waals surface area contributed by atoms with Crippen molar-refractivity contribution in [3.8, 4) is 0 Å². The number of aliphatic carboxylic acids is 2. The molecule has 0 bridgehead atoms. The average Bonchev–Trinajstić information content (AvgIpc) is 3.30. The van der Waals surface area contributed by atoms with E-state index in [-0.39, 0.29) is 18.2 Å². The summed E-state index contributed by atoms with van der Waals surface area (Å²) in [5.74, 6) is -2.42. The summed E-state index contributed by atoms with van der Waals surface area (Å²) >= 11 is 0. The maximum atomic E-state index is 13.2. The number of alkyl halides is 3.